The molecule has 1 N–H and O–H groups in total. The van der Waals surface area contributed by atoms with Crippen LogP contribution >= 0.6 is 0 Å². The van der Waals surface area contributed by atoms with Crippen LogP contribution in [0.25, 0.3) is 10.8 Å². The van der Waals surface area contributed by atoms with Crippen LogP contribution in [0.5, 0.6) is 11.5 Å². The van der Waals surface area contributed by atoms with E-state index in [1.807, 2.05) is 25.1 Å². The minimum absolute atomic E-state index is 0.193. The zero-order valence-electron chi connectivity index (χ0n) is 16.4. The summed E-state index contributed by atoms with van der Waals surface area (Å²) in [5, 5.41) is 12.2. The van der Waals surface area contributed by atoms with Crippen LogP contribution in [0.3, 0.4) is 0 Å². The Bertz CT molecular complexity index is 1010. The van der Waals surface area contributed by atoms with Crippen LogP contribution in [0.15, 0.2) is 66.4 Å². The van der Waals surface area contributed by atoms with Crippen LogP contribution in [-0.4, -0.2) is 17.7 Å². The Balaban J connectivity index is 1.58. The maximum absolute atomic E-state index is 12.0. The summed E-state index contributed by atoms with van der Waals surface area (Å²) in [6.45, 7) is 5.31. The van der Waals surface area contributed by atoms with Gasteiger partial charge in [0.15, 0.2) is 6.61 Å². The summed E-state index contributed by atoms with van der Waals surface area (Å²) in [5.41, 5.74) is 3.54. The van der Waals surface area contributed by atoms with Crippen LogP contribution < -0.4 is 4.74 Å². The van der Waals surface area contributed by atoms with Crippen molar-refractivity contribution in [2.24, 2.45) is 0 Å². The standard InChI is InChI=1S/C24H24O4/c1-16(11-20-9-6-8-19-7-4-5-10-22(19)20)14-28-23(25)15-27-21-12-17(2)24(26)18(3)13-21/h4-10,12-14,26H,11,15H2,1-3H3/b16-14+. The number of rotatable bonds is 6. The van der Waals surface area contributed by atoms with Crippen LogP contribution in [0, 0.1) is 13.8 Å². The molecule has 0 saturated heterocycles. The van der Waals surface area contributed by atoms with E-state index >= 15 is 0 Å². The van der Waals surface area contributed by atoms with Crippen molar-refractivity contribution in [1.82, 2.24) is 0 Å². The second kappa shape index (κ2) is 8.61. The zero-order chi connectivity index (χ0) is 20.1. The number of hydrogen-bond acceptors (Lipinski definition) is 4. The van der Waals surface area contributed by atoms with Crippen LogP contribution in [0.2, 0.25) is 0 Å². The summed E-state index contributed by atoms with van der Waals surface area (Å²) in [7, 11) is 0. The first-order valence-corrected chi connectivity index (χ1v) is 9.19. The lowest BCUT2D eigenvalue weighted by atomic mass is 10.00. The molecular formula is C24H24O4. The average molecular weight is 376 g/mol. The van der Waals surface area contributed by atoms with Crippen molar-refractivity contribution in [1.29, 1.82) is 0 Å². The van der Waals surface area contributed by atoms with Gasteiger partial charge in [0.2, 0.25) is 0 Å². The van der Waals surface area contributed by atoms with Gasteiger partial charge in [0.05, 0.1) is 6.26 Å². The van der Waals surface area contributed by atoms with Gasteiger partial charge in [-0.25, -0.2) is 4.79 Å². The van der Waals surface area contributed by atoms with Crippen LogP contribution in [0.4, 0.5) is 0 Å². The van der Waals surface area contributed by atoms with Crippen molar-refractivity contribution in [3.63, 3.8) is 0 Å². The molecule has 0 aliphatic heterocycles. The van der Waals surface area contributed by atoms with Gasteiger partial charge < -0.3 is 14.6 Å². The van der Waals surface area contributed by atoms with Gasteiger partial charge in [-0.05, 0) is 72.4 Å². The maximum Gasteiger partial charge on any atom is 0.348 e. The Hall–Kier alpha value is -3.27. The molecule has 0 unspecified atom stereocenters. The molecule has 28 heavy (non-hydrogen) atoms. The summed E-state index contributed by atoms with van der Waals surface area (Å²) in [4.78, 5) is 12.0. The Morgan fingerprint density at radius 3 is 2.46 bits per heavy atom. The summed E-state index contributed by atoms with van der Waals surface area (Å²) < 4.78 is 10.7. The number of benzene rings is 3. The van der Waals surface area contributed by atoms with E-state index in [0.717, 1.165) is 5.57 Å². The van der Waals surface area contributed by atoms with E-state index in [4.69, 9.17) is 9.47 Å². The molecule has 0 spiro atoms. The SMILES string of the molecule is C/C(=C\OC(=O)COc1cc(C)c(O)c(C)c1)Cc1cccc2ccccc12. The van der Waals surface area contributed by atoms with Crippen molar-refractivity contribution < 1.29 is 19.4 Å². The first-order chi connectivity index (χ1) is 13.4. The number of fused-ring (bicyclic) bond motifs is 1. The summed E-state index contributed by atoms with van der Waals surface area (Å²) in [5.74, 6) is 0.295. The number of aryl methyl sites for hydroxylation is 2. The first kappa shape index (κ1) is 19.5. The molecule has 0 aliphatic carbocycles. The lowest BCUT2D eigenvalue weighted by molar-refractivity contribution is -0.140. The third-order valence-corrected chi connectivity index (χ3v) is 4.56. The van der Waals surface area contributed by atoms with E-state index in [-0.39, 0.29) is 12.4 Å². The fourth-order valence-electron chi connectivity index (χ4n) is 3.13. The highest BCUT2D eigenvalue weighted by Crippen LogP contribution is 2.27. The van der Waals surface area contributed by atoms with Gasteiger partial charge in [0.25, 0.3) is 0 Å². The third kappa shape index (κ3) is 4.71. The van der Waals surface area contributed by atoms with E-state index in [2.05, 4.69) is 24.3 Å². The van der Waals surface area contributed by atoms with Gasteiger partial charge in [-0.3, -0.25) is 0 Å². The second-order valence-corrected chi connectivity index (χ2v) is 6.96. The predicted molar refractivity (Wildman–Crippen MR) is 111 cm³/mol. The number of carbonyl (C=O) groups is 1. The molecule has 3 aromatic carbocycles. The third-order valence-electron chi connectivity index (χ3n) is 4.56. The molecule has 0 atom stereocenters. The summed E-state index contributed by atoms with van der Waals surface area (Å²) in [6, 6.07) is 17.8. The molecule has 3 aromatic rings. The highest BCUT2D eigenvalue weighted by molar-refractivity contribution is 5.85. The molecule has 144 valence electrons. The number of hydrogen-bond donors (Lipinski definition) is 1. The first-order valence-electron chi connectivity index (χ1n) is 9.19. The van der Waals surface area contributed by atoms with Crippen molar-refractivity contribution >= 4 is 16.7 Å². The largest absolute Gasteiger partial charge is 0.507 e. The lowest BCUT2D eigenvalue weighted by Crippen LogP contribution is -2.12. The van der Waals surface area contributed by atoms with E-state index in [1.54, 1.807) is 26.0 Å². The molecule has 4 nitrogen and oxygen atoms in total. The number of phenolic OH excluding ortho intramolecular Hbond substituents is 1. The summed E-state index contributed by atoms with van der Waals surface area (Å²) in [6.07, 6.45) is 2.19. The predicted octanol–water partition coefficient (Wildman–Crippen LogP) is 5.23. The number of phenols is 1. The van der Waals surface area contributed by atoms with E-state index < -0.39 is 5.97 Å². The number of carbonyl (C=O) groups excluding carboxylic acids is 1. The van der Waals surface area contributed by atoms with Gasteiger partial charge in [-0.1, -0.05) is 42.5 Å². The second-order valence-electron chi connectivity index (χ2n) is 6.96. The molecule has 0 aromatic heterocycles. The Kier molecular flexibility index (Phi) is 5.99. The minimum atomic E-state index is -0.472. The average Bonchev–Trinajstić information content (AvgIpc) is 2.69. The molecule has 0 radical (unpaired) electrons. The van der Waals surface area contributed by atoms with Crippen LogP contribution in [0.1, 0.15) is 23.6 Å². The number of ether oxygens (including phenoxy) is 2. The van der Waals surface area contributed by atoms with E-state index in [0.29, 0.717) is 23.3 Å². The molecular weight excluding hydrogens is 352 g/mol. The molecule has 0 bridgehead atoms. The van der Waals surface area contributed by atoms with E-state index in [1.165, 1.54) is 22.6 Å². The Morgan fingerprint density at radius 2 is 1.71 bits per heavy atom. The molecule has 0 fully saturated rings. The van der Waals surface area contributed by atoms with E-state index in [9.17, 15) is 9.90 Å². The molecule has 4 heteroatoms. The van der Waals surface area contributed by atoms with Crippen LogP contribution in [-0.2, 0) is 16.0 Å². The normalized spacial score (nSPS) is 11.5. The Labute approximate surface area is 165 Å². The lowest BCUT2D eigenvalue weighted by Gasteiger charge is -2.10. The highest BCUT2D eigenvalue weighted by Gasteiger charge is 2.08. The van der Waals surface area contributed by atoms with Crippen molar-refractivity contribution in [3.05, 3.63) is 83.1 Å². The number of esters is 1. The highest BCUT2D eigenvalue weighted by atomic mass is 16.6. The topological polar surface area (TPSA) is 55.8 Å². The quantitative estimate of drug-likeness (QED) is 0.473. The maximum atomic E-state index is 12.0. The molecule has 0 aliphatic rings. The number of allylic oxidation sites excluding steroid dienone is 1. The molecule has 3 rings (SSSR count). The van der Waals surface area contributed by atoms with Crippen molar-refractivity contribution in [2.75, 3.05) is 6.61 Å². The summed E-state index contributed by atoms with van der Waals surface area (Å²) >= 11 is 0. The monoisotopic (exact) mass is 376 g/mol. The fraction of sp³-hybridized carbons (Fsp3) is 0.208. The smallest absolute Gasteiger partial charge is 0.348 e. The van der Waals surface area contributed by atoms with Gasteiger partial charge in [-0.15, -0.1) is 0 Å². The van der Waals surface area contributed by atoms with Gasteiger partial charge in [-0.2, -0.15) is 0 Å². The number of aromatic hydroxyl groups is 1. The minimum Gasteiger partial charge on any atom is -0.507 e. The van der Waals surface area contributed by atoms with Crippen molar-refractivity contribution in [3.8, 4) is 11.5 Å². The zero-order valence-corrected chi connectivity index (χ0v) is 16.4. The molecule has 0 heterocycles. The van der Waals surface area contributed by atoms with Crippen molar-refractivity contribution in [2.45, 2.75) is 27.2 Å². The van der Waals surface area contributed by atoms with Gasteiger partial charge >= 0.3 is 5.97 Å². The Morgan fingerprint density at radius 1 is 1.04 bits per heavy atom. The van der Waals surface area contributed by atoms with Gasteiger partial charge in [0, 0.05) is 0 Å². The fourth-order valence-corrected chi connectivity index (χ4v) is 3.13. The molecule has 0 amide bonds. The molecule has 0 saturated carbocycles. The van der Waals surface area contributed by atoms with Gasteiger partial charge in [0.1, 0.15) is 11.5 Å².